The monoisotopic (exact) mass is 258 g/mol. The Morgan fingerprint density at radius 2 is 2.06 bits per heavy atom. The van der Waals surface area contributed by atoms with Crippen LogP contribution in [0, 0.1) is 0 Å². The third-order valence-corrected chi connectivity index (χ3v) is 3.47. The number of rotatable bonds is 2. The molecule has 0 aliphatic carbocycles. The van der Waals surface area contributed by atoms with Crippen molar-refractivity contribution < 1.29 is 24.5 Å². The Hall–Kier alpha value is -1.34. The van der Waals surface area contributed by atoms with Gasteiger partial charge in [-0.25, -0.2) is 9.59 Å². The second-order valence-corrected chi connectivity index (χ2v) is 4.58. The number of hydrogen-bond donors (Lipinski definition) is 2. The molecule has 0 radical (unpaired) electrons. The number of carbonyl (C=O) groups excluding carboxylic acids is 1. The second kappa shape index (κ2) is 5.53. The van der Waals surface area contributed by atoms with Crippen LogP contribution in [0.2, 0.25) is 0 Å². The summed E-state index contributed by atoms with van der Waals surface area (Å²) in [6.45, 7) is 1.41. The van der Waals surface area contributed by atoms with E-state index in [-0.39, 0.29) is 18.7 Å². The fraction of sp³-hybridized carbons (Fsp3) is 0.818. The van der Waals surface area contributed by atoms with Crippen LogP contribution in [0.3, 0.4) is 0 Å². The lowest BCUT2D eigenvalue weighted by Gasteiger charge is -2.37. The SMILES string of the molecule is O=C(O)C1CCCN1C(=O)N1CCOCC1CO. The molecule has 7 heteroatoms. The third-order valence-electron chi connectivity index (χ3n) is 3.47. The number of carboxylic acid groups (broad SMARTS) is 1. The first-order valence-corrected chi connectivity index (χ1v) is 6.13. The number of carboxylic acids is 1. The molecule has 7 nitrogen and oxygen atoms in total. The summed E-state index contributed by atoms with van der Waals surface area (Å²) in [7, 11) is 0. The molecule has 102 valence electrons. The standard InChI is InChI=1S/C11H18N2O5/c14-6-8-7-18-5-4-12(8)11(17)13-3-1-2-9(13)10(15)16/h8-9,14H,1-7H2,(H,15,16). The van der Waals surface area contributed by atoms with Crippen LogP contribution < -0.4 is 0 Å². The maximum absolute atomic E-state index is 12.3. The third kappa shape index (κ3) is 2.41. The zero-order valence-corrected chi connectivity index (χ0v) is 10.1. The van der Waals surface area contributed by atoms with Crippen molar-refractivity contribution in [3.05, 3.63) is 0 Å². The van der Waals surface area contributed by atoms with E-state index in [1.807, 2.05) is 0 Å². The van der Waals surface area contributed by atoms with Gasteiger partial charge in [0.15, 0.2) is 0 Å². The van der Waals surface area contributed by atoms with Crippen LogP contribution in [0.1, 0.15) is 12.8 Å². The molecule has 2 aliphatic heterocycles. The molecule has 18 heavy (non-hydrogen) atoms. The molecular weight excluding hydrogens is 240 g/mol. The van der Waals surface area contributed by atoms with E-state index < -0.39 is 12.0 Å². The molecule has 2 rings (SSSR count). The Bertz CT molecular complexity index is 335. The average molecular weight is 258 g/mol. The van der Waals surface area contributed by atoms with Crippen molar-refractivity contribution in [2.45, 2.75) is 24.9 Å². The number of morpholine rings is 1. The van der Waals surface area contributed by atoms with Crippen LogP contribution in [0.15, 0.2) is 0 Å². The summed E-state index contributed by atoms with van der Waals surface area (Å²) in [4.78, 5) is 26.3. The van der Waals surface area contributed by atoms with E-state index >= 15 is 0 Å². The normalized spacial score (nSPS) is 28.5. The van der Waals surface area contributed by atoms with Gasteiger partial charge in [-0.15, -0.1) is 0 Å². The number of nitrogens with zero attached hydrogens (tertiary/aromatic N) is 2. The minimum atomic E-state index is -0.963. The van der Waals surface area contributed by atoms with Crippen molar-refractivity contribution in [2.75, 3.05) is 32.9 Å². The lowest BCUT2D eigenvalue weighted by molar-refractivity contribution is -0.141. The van der Waals surface area contributed by atoms with Crippen LogP contribution in [0.5, 0.6) is 0 Å². The number of aliphatic hydroxyl groups is 1. The van der Waals surface area contributed by atoms with Gasteiger partial charge >= 0.3 is 12.0 Å². The minimum absolute atomic E-state index is 0.169. The summed E-state index contributed by atoms with van der Waals surface area (Å²) in [5.74, 6) is -0.963. The quantitative estimate of drug-likeness (QED) is 0.687. The first-order chi connectivity index (χ1) is 8.65. The molecule has 2 heterocycles. The van der Waals surface area contributed by atoms with Gasteiger partial charge in [-0.05, 0) is 12.8 Å². The highest BCUT2D eigenvalue weighted by Gasteiger charge is 2.38. The average Bonchev–Trinajstić information content (AvgIpc) is 2.87. The van der Waals surface area contributed by atoms with Gasteiger partial charge in [0.1, 0.15) is 6.04 Å². The number of hydrogen-bond acceptors (Lipinski definition) is 4. The summed E-state index contributed by atoms with van der Waals surface area (Å²) in [5, 5.41) is 18.3. The van der Waals surface area contributed by atoms with E-state index in [0.717, 1.165) is 0 Å². The highest BCUT2D eigenvalue weighted by atomic mass is 16.5. The van der Waals surface area contributed by atoms with Gasteiger partial charge in [0.25, 0.3) is 0 Å². The van der Waals surface area contributed by atoms with Gasteiger partial charge in [-0.3, -0.25) is 0 Å². The van der Waals surface area contributed by atoms with E-state index in [0.29, 0.717) is 39.1 Å². The van der Waals surface area contributed by atoms with Crippen molar-refractivity contribution in [2.24, 2.45) is 0 Å². The lowest BCUT2D eigenvalue weighted by Crippen LogP contribution is -2.56. The maximum atomic E-state index is 12.3. The zero-order valence-electron chi connectivity index (χ0n) is 10.1. The number of aliphatic carboxylic acids is 1. The molecular formula is C11H18N2O5. The predicted octanol–water partition coefficient (Wildman–Crippen LogP) is -0.651. The van der Waals surface area contributed by atoms with Crippen molar-refractivity contribution in [3.8, 4) is 0 Å². The van der Waals surface area contributed by atoms with E-state index in [2.05, 4.69) is 0 Å². The van der Waals surface area contributed by atoms with Crippen LogP contribution >= 0.6 is 0 Å². The van der Waals surface area contributed by atoms with Crippen molar-refractivity contribution in [1.29, 1.82) is 0 Å². The summed E-state index contributed by atoms with van der Waals surface area (Å²) >= 11 is 0. The molecule has 2 fully saturated rings. The first kappa shape index (κ1) is 13.1. The van der Waals surface area contributed by atoms with Gasteiger partial charge in [0.2, 0.25) is 0 Å². The van der Waals surface area contributed by atoms with Crippen molar-refractivity contribution in [1.82, 2.24) is 9.80 Å². The van der Waals surface area contributed by atoms with Gasteiger partial charge in [-0.1, -0.05) is 0 Å². The van der Waals surface area contributed by atoms with Crippen molar-refractivity contribution in [3.63, 3.8) is 0 Å². The molecule has 0 bridgehead atoms. The molecule has 2 saturated heterocycles. The largest absolute Gasteiger partial charge is 0.480 e. The summed E-state index contributed by atoms with van der Waals surface area (Å²) < 4.78 is 5.20. The van der Waals surface area contributed by atoms with Gasteiger partial charge in [-0.2, -0.15) is 0 Å². The molecule has 0 aromatic heterocycles. The predicted molar refractivity (Wildman–Crippen MR) is 61.2 cm³/mol. The molecule has 0 aromatic carbocycles. The summed E-state index contributed by atoms with van der Waals surface area (Å²) in [5.41, 5.74) is 0. The number of urea groups is 1. The van der Waals surface area contributed by atoms with Crippen LogP contribution in [0.25, 0.3) is 0 Å². The van der Waals surface area contributed by atoms with Gasteiger partial charge in [0.05, 0.1) is 25.9 Å². The molecule has 0 aromatic rings. The maximum Gasteiger partial charge on any atom is 0.326 e. The summed E-state index contributed by atoms with van der Waals surface area (Å²) in [6, 6.07) is -1.41. The fourth-order valence-electron chi connectivity index (χ4n) is 2.48. The smallest absolute Gasteiger partial charge is 0.326 e. The minimum Gasteiger partial charge on any atom is -0.480 e. The molecule has 0 spiro atoms. The number of amides is 2. The van der Waals surface area contributed by atoms with Gasteiger partial charge in [0, 0.05) is 13.1 Å². The Kier molecular flexibility index (Phi) is 4.03. The van der Waals surface area contributed by atoms with Gasteiger partial charge < -0.3 is 24.7 Å². The van der Waals surface area contributed by atoms with E-state index in [4.69, 9.17) is 9.84 Å². The van der Waals surface area contributed by atoms with E-state index in [9.17, 15) is 14.7 Å². The molecule has 2 N–H and O–H groups in total. The zero-order chi connectivity index (χ0) is 13.1. The molecule has 2 aliphatic rings. The van der Waals surface area contributed by atoms with Crippen LogP contribution in [0.4, 0.5) is 4.79 Å². The molecule has 2 amide bonds. The van der Waals surface area contributed by atoms with E-state index in [1.54, 1.807) is 0 Å². The highest BCUT2D eigenvalue weighted by molar-refractivity contribution is 5.83. The number of ether oxygens (including phenoxy) is 1. The number of carbonyl (C=O) groups is 2. The van der Waals surface area contributed by atoms with Crippen LogP contribution in [-0.2, 0) is 9.53 Å². The Morgan fingerprint density at radius 3 is 2.72 bits per heavy atom. The molecule has 2 unspecified atom stereocenters. The lowest BCUT2D eigenvalue weighted by atomic mass is 10.2. The second-order valence-electron chi connectivity index (χ2n) is 4.58. The highest BCUT2D eigenvalue weighted by Crippen LogP contribution is 2.21. The Morgan fingerprint density at radius 1 is 1.28 bits per heavy atom. The fourth-order valence-corrected chi connectivity index (χ4v) is 2.48. The molecule has 0 saturated carbocycles. The number of aliphatic hydroxyl groups excluding tert-OH is 1. The first-order valence-electron chi connectivity index (χ1n) is 6.13. The number of likely N-dealkylation sites (tertiary alicyclic amines) is 1. The van der Waals surface area contributed by atoms with Crippen LogP contribution in [-0.4, -0.2) is 77.0 Å². The topological polar surface area (TPSA) is 90.3 Å². The van der Waals surface area contributed by atoms with E-state index in [1.165, 1.54) is 9.80 Å². The Labute approximate surface area is 105 Å². The van der Waals surface area contributed by atoms with Crippen molar-refractivity contribution >= 4 is 12.0 Å². The Balaban J connectivity index is 2.07. The summed E-state index contributed by atoms with van der Waals surface area (Å²) in [6.07, 6.45) is 1.20. The molecule has 2 atom stereocenters.